The lowest BCUT2D eigenvalue weighted by Crippen LogP contribution is -2.39. The van der Waals surface area contributed by atoms with Crippen LogP contribution in [0, 0.1) is 12.8 Å². The van der Waals surface area contributed by atoms with Gasteiger partial charge in [0.15, 0.2) is 0 Å². The van der Waals surface area contributed by atoms with Crippen LogP contribution in [0.15, 0.2) is 5.38 Å². The predicted molar refractivity (Wildman–Crippen MR) is 69.4 cm³/mol. The van der Waals surface area contributed by atoms with Crippen LogP contribution < -0.4 is 5.32 Å². The summed E-state index contributed by atoms with van der Waals surface area (Å²) in [6.07, 6.45) is 2.42. The van der Waals surface area contributed by atoms with Gasteiger partial charge < -0.3 is 10.2 Å². The average Bonchev–Trinajstić information content (AvgIpc) is 2.76. The highest BCUT2D eigenvalue weighted by atomic mass is 32.1. The molecule has 1 amide bonds. The fourth-order valence-corrected chi connectivity index (χ4v) is 2.79. The molecule has 0 spiro atoms. The predicted octanol–water partition coefficient (Wildman–Crippen LogP) is 1.52. The molecule has 0 aliphatic carbocycles. The topological polar surface area (TPSA) is 45.2 Å². The molecule has 0 bridgehead atoms. The second-order valence-corrected chi connectivity index (χ2v) is 5.71. The number of aryl methyl sites for hydroxylation is 1. The molecule has 0 radical (unpaired) electrons. The Morgan fingerprint density at radius 1 is 1.71 bits per heavy atom. The molecule has 1 atom stereocenters. The zero-order valence-corrected chi connectivity index (χ0v) is 11.2. The van der Waals surface area contributed by atoms with Crippen LogP contribution in [0.1, 0.15) is 28.3 Å². The number of nitrogens with zero attached hydrogens (tertiary/aromatic N) is 2. The first-order chi connectivity index (χ1) is 8.16. The van der Waals surface area contributed by atoms with Crippen LogP contribution in [0.5, 0.6) is 0 Å². The van der Waals surface area contributed by atoms with E-state index in [-0.39, 0.29) is 5.91 Å². The number of hydrogen-bond donors (Lipinski definition) is 1. The zero-order chi connectivity index (χ0) is 12.3. The normalized spacial score (nSPS) is 20.2. The monoisotopic (exact) mass is 253 g/mol. The SMILES string of the molecule is Cc1nc(C(=O)N(C)CC2CCCNC2)cs1. The minimum Gasteiger partial charge on any atom is -0.340 e. The second-order valence-electron chi connectivity index (χ2n) is 4.65. The van der Waals surface area contributed by atoms with Crippen molar-refractivity contribution in [2.24, 2.45) is 5.92 Å². The standard InChI is InChI=1S/C12H19N3OS/c1-9-14-11(8-17-9)12(16)15(2)7-10-4-3-5-13-6-10/h8,10,13H,3-7H2,1-2H3. The minimum atomic E-state index is 0.0416. The molecule has 1 fully saturated rings. The molecule has 4 nitrogen and oxygen atoms in total. The Kier molecular flexibility index (Phi) is 4.12. The van der Waals surface area contributed by atoms with E-state index in [2.05, 4.69) is 10.3 Å². The summed E-state index contributed by atoms with van der Waals surface area (Å²) in [5.41, 5.74) is 0.582. The molecule has 1 aliphatic rings. The minimum absolute atomic E-state index is 0.0416. The largest absolute Gasteiger partial charge is 0.340 e. The Morgan fingerprint density at radius 2 is 2.53 bits per heavy atom. The van der Waals surface area contributed by atoms with E-state index in [1.165, 1.54) is 24.2 Å². The lowest BCUT2D eigenvalue weighted by Gasteiger charge is -2.27. The van der Waals surface area contributed by atoms with Gasteiger partial charge >= 0.3 is 0 Å². The average molecular weight is 253 g/mol. The van der Waals surface area contributed by atoms with Gasteiger partial charge in [-0.05, 0) is 38.8 Å². The van der Waals surface area contributed by atoms with Crippen molar-refractivity contribution in [3.8, 4) is 0 Å². The number of carbonyl (C=O) groups is 1. The number of nitrogens with one attached hydrogen (secondary N) is 1. The first-order valence-corrected chi connectivity index (χ1v) is 6.93. The Hall–Kier alpha value is -0.940. The van der Waals surface area contributed by atoms with Gasteiger partial charge in [0.25, 0.3) is 5.91 Å². The maximum Gasteiger partial charge on any atom is 0.273 e. The second kappa shape index (κ2) is 5.60. The van der Waals surface area contributed by atoms with Gasteiger partial charge in [0.05, 0.1) is 5.01 Å². The van der Waals surface area contributed by atoms with Crippen LogP contribution in [-0.4, -0.2) is 42.5 Å². The number of thiazole rings is 1. The molecule has 94 valence electrons. The smallest absolute Gasteiger partial charge is 0.273 e. The molecule has 1 aromatic rings. The van der Waals surface area contributed by atoms with E-state index in [1.54, 1.807) is 4.90 Å². The van der Waals surface area contributed by atoms with Crippen molar-refractivity contribution in [1.82, 2.24) is 15.2 Å². The third kappa shape index (κ3) is 3.26. The van der Waals surface area contributed by atoms with Crippen LogP contribution in [0.3, 0.4) is 0 Å². The number of aromatic nitrogens is 1. The van der Waals surface area contributed by atoms with Gasteiger partial charge in [-0.3, -0.25) is 4.79 Å². The number of rotatable bonds is 3. The molecule has 2 rings (SSSR count). The first kappa shape index (κ1) is 12.5. The van der Waals surface area contributed by atoms with Crippen molar-refractivity contribution < 1.29 is 4.79 Å². The van der Waals surface area contributed by atoms with Crippen molar-refractivity contribution in [2.45, 2.75) is 19.8 Å². The van der Waals surface area contributed by atoms with Crippen LogP contribution in [0.25, 0.3) is 0 Å². The van der Waals surface area contributed by atoms with Gasteiger partial charge in [0.2, 0.25) is 0 Å². The van der Waals surface area contributed by atoms with Gasteiger partial charge in [-0.1, -0.05) is 0 Å². The Labute approximate surface area is 106 Å². The lowest BCUT2D eigenvalue weighted by atomic mass is 9.99. The van der Waals surface area contributed by atoms with Crippen LogP contribution in [-0.2, 0) is 0 Å². The van der Waals surface area contributed by atoms with E-state index in [4.69, 9.17) is 0 Å². The maximum atomic E-state index is 12.1. The summed E-state index contributed by atoms with van der Waals surface area (Å²) in [5, 5.41) is 6.16. The molecule has 1 aliphatic heterocycles. The van der Waals surface area contributed by atoms with Gasteiger partial charge in [0, 0.05) is 19.0 Å². The summed E-state index contributed by atoms with van der Waals surface area (Å²) in [6.45, 7) is 4.88. The summed E-state index contributed by atoms with van der Waals surface area (Å²) in [4.78, 5) is 18.1. The zero-order valence-electron chi connectivity index (χ0n) is 10.4. The highest BCUT2D eigenvalue weighted by Crippen LogP contribution is 2.14. The molecule has 1 N–H and O–H groups in total. The Morgan fingerprint density at radius 3 is 3.12 bits per heavy atom. The summed E-state index contributed by atoms with van der Waals surface area (Å²) in [6, 6.07) is 0. The van der Waals surface area contributed by atoms with Crippen molar-refractivity contribution in [1.29, 1.82) is 0 Å². The summed E-state index contributed by atoms with van der Waals surface area (Å²) >= 11 is 1.53. The van der Waals surface area contributed by atoms with Crippen molar-refractivity contribution in [3.63, 3.8) is 0 Å². The van der Waals surface area contributed by atoms with E-state index in [0.29, 0.717) is 11.6 Å². The fraction of sp³-hybridized carbons (Fsp3) is 0.667. The third-order valence-corrected chi connectivity index (χ3v) is 3.89. The molecule has 1 aromatic heterocycles. The van der Waals surface area contributed by atoms with E-state index in [1.807, 2.05) is 19.4 Å². The number of carbonyl (C=O) groups excluding carboxylic acids is 1. The summed E-state index contributed by atoms with van der Waals surface area (Å²) in [5.74, 6) is 0.623. The highest BCUT2D eigenvalue weighted by molar-refractivity contribution is 7.09. The van der Waals surface area contributed by atoms with E-state index in [9.17, 15) is 4.79 Å². The van der Waals surface area contributed by atoms with Crippen LogP contribution >= 0.6 is 11.3 Å². The molecule has 1 saturated heterocycles. The molecule has 5 heteroatoms. The van der Waals surface area contributed by atoms with E-state index >= 15 is 0 Å². The summed E-state index contributed by atoms with van der Waals surface area (Å²) < 4.78 is 0. The van der Waals surface area contributed by atoms with Crippen LogP contribution in [0.4, 0.5) is 0 Å². The van der Waals surface area contributed by atoms with Gasteiger partial charge in [-0.15, -0.1) is 11.3 Å². The molecular weight excluding hydrogens is 234 g/mol. The van der Waals surface area contributed by atoms with E-state index < -0.39 is 0 Å². The van der Waals surface area contributed by atoms with Crippen molar-refractivity contribution in [2.75, 3.05) is 26.7 Å². The maximum absolute atomic E-state index is 12.1. The Balaban J connectivity index is 1.90. The van der Waals surface area contributed by atoms with Gasteiger partial charge in [-0.25, -0.2) is 4.98 Å². The number of amides is 1. The highest BCUT2D eigenvalue weighted by Gasteiger charge is 2.20. The molecular formula is C12H19N3OS. The van der Waals surface area contributed by atoms with Gasteiger partial charge in [0.1, 0.15) is 5.69 Å². The third-order valence-electron chi connectivity index (χ3n) is 3.12. The summed E-state index contributed by atoms with van der Waals surface area (Å²) in [7, 11) is 1.87. The fourth-order valence-electron chi connectivity index (χ4n) is 2.21. The van der Waals surface area contributed by atoms with Crippen molar-refractivity contribution in [3.05, 3.63) is 16.1 Å². The molecule has 2 heterocycles. The van der Waals surface area contributed by atoms with Crippen molar-refractivity contribution >= 4 is 17.2 Å². The molecule has 1 unspecified atom stereocenters. The quantitative estimate of drug-likeness (QED) is 0.888. The molecule has 17 heavy (non-hydrogen) atoms. The van der Waals surface area contributed by atoms with Crippen LogP contribution in [0.2, 0.25) is 0 Å². The molecule has 0 aromatic carbocycles. The lowest BCUT2D eigenvalue weighted by molar-refractivity contribution is 0.0759. The Bertz CT molecular complexity index is 385. The molecule has 0 saturated carbocycles. The number of piperidine rings is 1. The number of hydrogen-bond acceptors (Lipinski definition) is 4. The van der Waals surface area contributed by atoms with E-state index in [0.717, 1.165) is 24.6 Å². The van der Waals surface area contributed by atoms with Gasteiger partial charge in [-0.2, -0.15) is 0 Å². The first-order valence-electron chi connectivity index (χ1n) is 6.05.